The minimum atomic E-state index is -0.786. The maximum atomic E-state index is 12.4. The smallest absolute Gasteiger partial charge is 0.235 e. The minimum Gasteiger partial charge on any atom is -0.337 e. The first-order chi connectivity index (χ1) is 10.8. The molecule has 0 aromatic rings. The number of hydrogen-bond donors (Lipinski definition) is 1. The zero-order valence-electron chi connectivity index (χ0n) is 15.3. The Labute approximate surface area is 141 Å². The van der Waals surface area contributed by atoms with E-state index in [0.717, 1.165) is 19.5 Å². The summed E-state index contributed by atoms with van der Waals surface area (Å²) in [6, 6.07) is 4.07. The molecule has 2 aliphatic heterocycles. The van der Waals surface area contributed by atoms with Gasteiger partial charge in [0, 0.05) is 31.2 Å². The van der Waals surface area contributed by atoms with Crippen molar-refractivity contribution < 1.29 is 4.79 Å². The van der Waals surface area contributed by atoms with Gasteiger partial charge in [0.2, 0.25) is 5.91 Å². The fourth-order valence-electron chi connectivity index (χ4n) is 4.00. The Morgan fingerprint density at radius 1 is 1.26 bits per heavy atom. The maximum Gasteiger partial charge on any atom is 0.235 e. The second-order valence-electron chi connectivity index (χ2n) is 7.97. The van der Waals surface area contributed by atoms with Crippen LogP contribution in [-0.4, -0.2) is 59.0 Å². The molecule has 0 radical (unpaired) electrons. The molecule has 0 aromatic carbocycles. The fraction of sp³-hybridized carbons (Fsp3) is 0.889. The molecule has 2 saturated heterocycles. The second kappa shape index (κ2) is 7.19. The average Bonchev–Trinajstić information content (AvgIpc) is 2.76. The van der Waals surface area contributed by atoms with Crippen LogP contribution in [0.4, 0.5) is 0 Å². The number of carbonyl (C=O) groups is 1. The van der Waals surface area contributed by atoms with Crippen molar-refractivity contribution in [1.29, 1.82) is 5.26 Å². The summed E-state index contributed by atoms with van der Waals surface area (Å²) in [5.41, 5.74) is -0.786. The first kappa shape index (κ1) is 18.2. The molecule has 0 saturated carbocycles. The lowest BCUT2D eigenvalue weighted by Crippen LogP contribution is -2.52. The predicted octanol–water partition coefficient (Wildman–Crippen LogP) is 1.99. The van der Waals surface area contributed by atoms with Crippen LogP contribution in [-0.2, 0) is 4.79 Å². The standard InChI is InChI=1S/C18H32N4O/c1-13(2)18(5,12-19)20-17(23)11-21-9-8-15-6-7-16(10-21)22(15)14(3)4/h13-16H,6-11H2,1-5H3,(H,20,23). The lowest BCUT2D eigenvalue weighted by molar-refractivity contribution is -0.124. The number of nitriles is 1. The fourth-order valence-corrected chi connectivity index (χ4v) is 4.00. The van der Waals surface area contributed by atoms with Gasteiger partial charge in [-0.05, 0) is 46.0 Å². The van der Waals surface area contributed by atoms with Crippen LogP contribution in [0.1, 0.15) is 53.9 Å². The van der Waals surface area contributed by atoms with Crippen molar-refractivity contribution in [3.05, 3.63) is 0 Å². The molecule has 3 unspecified atom stereocenters. The Kier molecular flexibility index (Phi) is 5.70. The SMILES string of the molecule is CC(C)N1C2CCC1CN(CC(=O)NC(C)(C#N)C(C)C)CC2. The van der Waals surface area contributed by atoms with E-state index in [2.05, 4.69) is 35.0 Å². The van der Waals surface area contributed by atoms with Crippen molar-refractivity contribution in [3.63, 3.8) is 0 Å². The summed E-state index contributed by atoms with van der Waals surface area (Å²) in [7, 11) is 0. The number of amides is 1. The minimum absolute atomic E-state index is 0.0309. The first-order valence-electron chi connectivity index (χ1n) is 8.99. The number of nitrogens with one attached hydrogen (secondary N) is 1. The number of carbonyl (C=O) groups excluding carboxylic acids is 1. The van der Waals surface area contributed by atoms with E-state index in [1.807, 2.05) is 13.8 Å². The molecule has 2 aliphatic rings. The molecule has 130 valence electrons. The maximum absolute atomic E-state index is 12.4. The van der Waals surface area contributed by atoms with Gasteiger partial charge < -0.3 is 5.32 Å². The molecule has 0 spiro atoms. The van der Waals surface area contributed by atoms with Gasteiger partial charge in [-0.1, -0.05) is 13.8 Å². The lowest BCUT2D eigenvalue weighted by atomic mass is 9.90. The third-order valence-corrected chi connectivity index (χ3v) is 5.67. The largest absolute Gasteiger partial charge is 0.337 e. The summed E-state index contributed by atoms with van der Waals surface area (Å²) >= 11 is 0. The van der Waals surface area contributed by atoms with Gasteiger partial charge in [0.25, 0.3) is 0 Å². The highest BCUT2D eigenvalue weighted by Gasteiger charge is 2.39. The monoisotopic (exact) mass is 320 g/mol. The molecule has 2 rings (SSSR count). The normalized spacial score (nSPS) is 28.4. The van der Waals surface area contributed by atoms with Gasteiger partial charge in [0.1, 0.15) is 5.54 Å². The van der Waals surface area contributed by atoms with Crippen LogP contribution >= 0.6 is 0 Å². The molecular formula is C18H32N4O. The summed E-state index contributed by atoms with van der Waals surface area (Å²) in [6.45, 7) is 12.6. The molecule has 3 atom stereocenters. The zero-order valence-corrected chi connectivity index (χ0v) is 15.3. The molecule has 2 heterocycles. The molecule has 5 heteroatoms. The van der Waals surface area contributed by atoms with Crippen LogP contribution < -0.4 is 5.32 Å². The van der Waals surface area contributed by atoms with E-state index >= 15 is 0 Å². The van der Waals surface area contributed by atoms with Crippen LogP contribution in [0.2, 0.25) is 0 Å². The third-order valence-electron chi connectivity index (χ3n) is 5.67. The van der Waals surface area contributed by atoms with Gasteiger partial charge in [-0.3, -0.25) is 14.6 Å². The average molecular weight is 320 g/mol. The molecule has 2 bridgehead atoms. The zero-order chi connectivity index (χ0) is 17.2. The van der Waals surface area contributed by atoms with Gasteiger partial charge in [-0.15, -0.1) is 0 Å². The molecular weight excluding hydrogens is 288 g/mol. The summed E-state index contributed by atoms with van der Waals surface area (Å²) in [5, 5.41) is 12.3. The Balaban J connectivity index is 1.94. The van der Waals surface area contributed by atoms with Gasteiger partial charge in [-0.2, -0.15) is 5.26 Å². The summed E-state index contributed by atoms with van der Waals surface area (Å²) in [4.78, 5) is 17.3. The van der Waals surface area contributed by atoms with Gasteiger partial charge >= 0.3 is 0 Å². The lowest BCUT2D eigenvalue weighted by Gasteiger charge is -2.32. The highest BCUT2D eigenvalue weighted by molar-refractivity contribution is 5.79. The van der Waals surface area contributed by atoms with Crippen LogP contribution in [0.5, 0.6) is 0 Å². The van der Waals surface area contributed by atoms with Crippen LogP contribution in [0, 0.1) is 17.2 Å². The predicted molar refractivity (Wildman–Crippen MR) is 91.8 cm³/mol. The molecule has 0 aromatic heterocycles. The van der Waals surface area contributed by atoms with Gasteiger partial charge in [-0.25, -0.2) is 0 Å². The Hall–Kier alpha value is -1.12. The van der Waals surface area contributed by atoms with E-state index in [0.29, 0.717) is 24.7 Å². The van der Waals surface area contributed by atoms with E-state index in [-0.39, 0.29) is 11.8 Å². The third kappa shape index (κ3) is 4.05. The number of hydrogen-bond acceptors (Lipinski definition) is 4. The summed E-state index contributed by atoms with van der Waals surface area (Å²) in [6.07, 6.45) is 3.67. The van der Waals surface area contributed by atoms with E-state index < -0.39 is 5.54 Å². The number of fused-ring (bicyclic) bond motifs is 2. The molecule has 23 heavy (non-hydrogen) atoms. The van der Waals surface area contributed by atoms with Gasteiger partial charge in [0.15, 0.2) is 0 Å². The van der Waals surface area contributed by atoms with Crippen LogP contribution in [0.15, 0.2) is 0 Å². The first-order valence-corrected chi connectivity index (χ1v) is 8.99. The highest BCUT2D eigenvalue weighted by atomic mass is 16.2. The summed E-state index contributed by atoms with van der Waals surface area (Å²) < 4.78 is 0. The van der Waals surface area contributed by atoms with Gasteiger partial charge in [0.05, 0.1) is 12.6 Å². The topological polar surface area (TPSA) is 59.4 Å². The van der Waals surface area contributed by atoms with E-state index in [1.54, 1.807) is 6.92 Å². The van der Waals surface area contributed by atoms with Crippen molar-refractivity contribution in [2.45, 2.75) is 77.5 Å². The number of likely N-dealkylation sites (tertiary alicyclic amines) is 1. The van der Waals surface area contributed by atoms with Crippen LogP contribution in [0.3, 0.4) is 0 Å². The molecule has 1 amide bonds. The quantitative estimate of drug-likeness (QED) is 0.841. The second-order valence-corrected chi connectivity index (χ2v) is 7.97. The van der Waals surface area contributed by atoms with Crippen molar-refractivity contribution in [3.8, 4) is 6.07 Å². The van der Waals surface area contributed by atoms with E-state index in [9.17, 15) is 10.1 Å². The van der Waals surface area contributed by atoms with E-state index in [1.165, 1.54) is 12.8 Å². The highest BCUT2D eigenvalue weighted by Crippen LogP contribution is 2.31. The van der Waals surface area contributed by atoms with E-state index in [4.69, 9.17) is 0 Å². The van der Waals surface area contributed by atoms with Crippen molar-refractivity contribution in [2.75, 3.05) is 19.6 Å². The molecule has 1 N–H and O–H groups in total. The molecule has 0 aliphatic carbocycles. The Bertz CT molecular complexity index is 470. The van der Waals surface area contributed by atoms with Crippen molar-refractivity contribution in [1.82, 2.24) is 15.1 Å². The molecule has 2 fully saturated rings. The Morgan fingerprint density at radius 2 is 1.91 bits per heavy atom. The van der Waals surface area contributed by atoms with Crippen molar-refractivity contribution >= 4 is 5.91 Å². The number of rotatable bonds is 5. The van der Waals surface area contributed by atoms with Crippen LogP contribution in [0.25, 0.3) is 0 Å². The summed E-state index contributed by atoms with van der Waals surface area (Å²) in [5.74, 6) is 0.0599. The van der Waals surface area contributed by atoms with Crippen molar-refractivity contribution in [2.24, 2.45) is 5.92 Å². The Morgan fingerprint density at radius 3 is 2.48 bits per heavy atom. The number of nitrogens with zero attached hydrogens (tertiary/aromatic N) is 3. The molecule has 5 nitrogen and oxygen atoms in total.